The molecule has 0 radical (unpaired) electrons. The van der Waals surface area contributed by atoms with Crippen LogP contribution in [-0.4, -0.2) is 46.1 Å². The van der Waals surface area contributed by atoms with Crippen LogP contribution in [0.15, 0.2) is 48.5 Å². The van der Waals surface area contributed by atoms with Gasteiger partial charge in [-0.25, -0.2) is 0 Å². The molecular weight excluding hydrogens is 444 g/mol. The molecule has 0 aliphatic heterocycles. The van der Waals surface area contributed by atoms with E-state index in [9.17, 15) is 9.59 Å². The topological polar surface area (TPSA) is 71.1 Å². The van der Waals surface area contributed by atoms with Gasteiger partial charge < -0.3 is 18.9 Å². The van der Waals surface area contributed by atoms with Gasteiger partial charge in [-0.3, -0.25) is 9.59 Å². The van der Waals surface area contributed by atoms with Gasteiger partial charge in [0.1, 0.15) is 0 Å². The van der Waals surface area contributed by atoms with Crippen molar-refractivity contribution in [2.45, 2.75) is 5.92 Å². The molecule has 3 aromatic rings. The third-order valence-corrected chi connectivity index (χ3v) is 6.69. The first kappa shape index (κ1) is 22.9. The van der Waals surface area contributed by atoms with Crippen LogP contribution < -0.4 is 14.2 Å². The van der Waals surface area contributed by atoms with Crippen molar-refractivity contribution < 1.29 is 28.5 Å². The highest BCUT2D eigenvalue weighted by atomic mass is 35.5. The molecular formula is C26H25ClO6. The summed E-state index contributed by atoms with van der Waals surface area (Å²) < 4.78 is 21.8. The molecule has 0 saturated heterocycles. The number of benzene rings is 3. The number of carbonyl (C=O) groups is 2. The maximum atomic E-state index is 13.5. The summed E-state index contributed by atoms with van der Waals surface area (Å²) in [5.41, 5.74) is 2.06. The number of fused-ring (bicyclic) bond motifs is 3. The van der Waals surface area contributed by atoms with Crippen LogP contribution in [0.1, 0.15) is 27.4 Å². The Morgan fingerprint density at radius 2 is 1.61 bits per heavy atom. The Hall–Kier alpha value is -3.25. The van der Waals surface area contributed by atoms with Crippen LogP contribution in [0, 0.1) is 11.8 Å². The van der Waals surface area contributed by atoms with E-state index in [1.807, 2.05) is 48.5 Å². The van der Waals surface area contributed by atoms with Gasteiger partial charge in [-0.05, 0) is 34.0 Å². The van der Waals surface area contributed by atoms with Crippen LogP contribution in [-0.2, 0) is 9.53 Å². The summed E-state index contributed by atoms with van der Waals surface area (Å²) in [6, 6.07) is 15.2. The van der Waals surface area contributed by atoms with E-state index in [0.29, 0.717) is 22.8 Å². The highest BCUT2D eigenvalue weighted by molar-refractivity contribution is 6.21. The Balaban J connectivity index is 2.10. The van der Waals surface area contributed by atoms with Crippen LogP contribution in [0.5, 0.6) is 17.2 Å². The lowest BCUT2D eigenvalue weighted by atomic mass is 9.65. The van der Waals surface area contributed by atoms with Crippen molar-refractivity contribution in [3.63, 3.8) is 0 Å². The lowest BCUT2D eigenvalue weighted by molar-refractivity contribution is -0.147. The molecule has 0 unspecified atom stereocenters. The van der Waals surface area contributed by atoms with E-state index >= 15 is 0 Å². The quantitative estimate of drug-likeness (QED) is 0.381. The highest BCUT2D eigenvalue weighted by Gasteiger charge is 2.48. The zero-order chi connectivity index (χ0) is 23.7. The van der Waals surface area contributed by atoms with Gasteiger partial charge in [0.2, 0.25) is 5.75 Å². The molecule has 1 aliphatic carbocycles. The molecule has 4 rings (SSSR count). The number of esters is 1. The Labute approximate surface area is 197 Å². The maximum absolute atomic E-state index is 13.5. The number of hydrogen-bond acceptors (Lipinski definition) is 6. The van der Waals surface area contributed by atoms with Crippen molar-refractivity contribution in [1.29, 1.82) is 0 Å². The molecule has 3 atom stereocenters. The molecule has 0 spiro atoms. The van der Waals surface area contributed by atoms with Gasteiger partial charge in [-0.1, -0.05) is 36.4 Å². The predicted octanol–water partition coefficient (Wildman–Crippen LogP) is 4.84. The lowest BCUT2D eigenvalue weighted by Gasteiger charge is -2.37. The van der Waals surface area contributed by atoms with Gasteiger partial charge >= 0.3 is 5.97 Å². The number of methoxy groups -OCH3 is 4. The van der Waals surface area contributed by atoms with Gasteiger partial charge in [0.25, 0.3) is 0 Å². The Bertz CT molecular complexity index is 1200. The molecule has 0 saturated carbocycles. The number of alkyl halides is 1. The molecule has 6 nitrogen and oxygen atoms in total. The summed E-state index contributed by atoms with van der Waals surface area (Å²) in [4.78, 5) is 26.6. The molecule has 7 heteroatoms. The largest absolute Gasteiger partial charge is 0.493 e. The van der Waals surface area contributed by atoms with Crippen LogP contribution in [0.3, 0.4) is 0 Å². The zero-order valence-corrected chi connectivity index (χ0v) is 19.6. The highest BCUT2D eigenvalue weighted by Crippen LogP contribution is 2.50. The standard InChI is InChI=1S/C26H25ClO6/c1-30-19-11-15(12-20(31-2)25(19)32-3)21-22-16-8-6-5-7-14(16)9-10-17(22)24(28)18(13-27)23(21)26(29)33-4/h5-12,18,21,23H,13H2,1-4H3/t18-,21-,23-/m1/s1. The van der Waals surface area contributed by atoms with Crippen LogP contribution in [0.25, 0.3) is 10.8 Å². The third-order valence-electron chi connectivity index (χ3n) is 6.36. The molecule has 0 bridgehead atoms. The number of rotatable bonds is 6. The second kappa shape index (κ2) is 9.32. The number of hydrogen-bond donors (Lipinski definition) is 0. The van der Waals surface area contributed by atoms with Gasteiger partial charge in [0.05, 0.1) is 40.3 Å². The van der Waals surface area contributed by atoms with Crippen LogP contribution in [0.4, 0.5) is 0 Å². The molecule has 172 valence electrons. The number of ether oxygens (including phenoxy) is 4. The van der Waals surface area contributed by atoms with Gasteiger partial charge in [-0.2, -0.15) is 0 Å². The van der Waals surface area contributed by atoms with Crippen molar-refractivity contribution in [2.75, 3.05) is 34.3 Å². The summed E-state index contributed by atoms with van der Waals surface area (Å²) >= 11 is 6.28. The van der Waals surface area contributed by atoms with Crippen LogP contribution >= 0.6 is 11.6 Å². The van der Waals surface area contributed by atoms with Crippen molar-refractivity contribution in [2.24, 2.45) is 11.8 Å². The van der Waals surface area contributed by atoms with Gasteiger partial charge in [0, 0.05) is 17.4 Å². The third kappa shape index (κ3) is 3.68. The second-order valence-electron chi connectivity index (χ2n) is 7.86. The molecule has 33 heavy (non-hydrogen) atoms. The molecule has 3 aromatic carbocycles. The van der Waals surface area contributed by atoms with Crippen molar-refractivity contribution >= 4 is 34.1 Å². The number of Topliss-reactive ketones (excluding diaryl/α,β-unsaturated/α-hetero) is 1. The summed E-state index contributed by atoms with van der Waals surface area (Å²) in [6.45, 7) is 0. The second-order valence-corrected chi connectivity index (χ2v) is 8.17. The molecule has 0 fully saturated rings. The van der Waals surface area contributed by atoms with E-state index in [2.05, 4.69) is 0 Å². The molecule has 0 aromatic heterocycles. The first-order valence-electron chi connectivity index (χ1n) is 10.5. The Kier molecular flexibility index (Phi) is 6.47. The fourth-order valence-corrected chi connectivity index (χ4v) is 5.21. The maximum Gasteiger partial charge on any atom is 0.310 e. The summed E-state index contributed by atoms with van der Waals surface area (Å²) in [5.74, 6) is -1.39. The number of carbonyl (C=O) groups excluding carboxylic acids is 2. The lowest BCUT2D eigenvalue weighted by Crippen LogP contribution is -2.41. The van der Waals surface area contributed by atoms with Crippen molar-refractivity contribution in [1.82, 2.24) is 0 Å². The minimum Gasteiger partial charge on any atom is -0.493 e. The molecule has 0 heterocycles. The van der Waals surface area contributed by atoms with E-state index in [0.717, 1.165) is 21.9 Å². The molecule has 0 amide bonds. The van der Waals surface area contributed by atoms with Gasteiger partial charge in [0.15, 0.2) is 17.3 Å². The number of ketones is 1. The Morgan fingerprint density at radius 1 is 0.939 bits per heavy atom. The average molecular weight is 469 g/mol. The Morgan fingerprint density at radius 3 is 2.18 bits per heavy atom. The SMILES string of the molecule is COC(=O)[C@H]1[C@H](c2cc(OC)c(OC)c(OC)c2)c2c(ccc3ccccc23)C(=O)[C@@H]1CCl. The zero-order valence-electron chi connectivity index (χ0n) is 18.9. The normalized spacial score (nSPS) is 19.7. The van der Waals surface area contributed by atoms with Crippen molar-refractivity contribution in [3.8, 4) is 17.2 Å². The first-order chi connectivity index (χ1) is 16.0. The first-order valence-corrected chi connectivity index (χ1v) is 11.0. The average Bonchev–Trinajstić information content (AvgIpc) is 2.86. The van der Waals surface area contributed by atoms with E-state index < -0.39 is 23.7 Å². The predicted molar refractivity (Wildman–Crippen MR) is 126 cm³/mol. The van der Waals surface area contributed by atoms with E-state index in [1.54, 1.807) is 0 Å². The van der Waals surface area contributed by atoms with E-state index in [-0.39, 0.29) is 11.7 Å². The number of halogens is 1. The molecule has 0 N–H and O–H groups in total. The summed E-state index contributed by atoms with van der Waals surface area (Å²) in [7, 11) is 5.92. The summed E-state index contributed by atoms with van der Waals surface area (Å²) in [6.07, 6.45) is 0. The van der Waals surface area contributed by atoms with E-state index in [4.69, 9.17) is 30.5 Å². The van der Waals surface area contributed by atoms with Crippen LogP contribution in [0.2, 0.25) is 0 Å². The molecule has 1 aliphatic rings. The minimum atomic E-state index is -0.818. The fourth-order valence-electron chi connectivity index (χ4n) is 4.88. The fraction of sp³-hybridized carbons (Fsp3) is 0.308. The van der Waals surface area contributed by atoms with Gasteiger partial charge in [-0.15, -0.1) is 11.6 Å². The smallest absolute Gasteiger partial charge is 0.310 e. The summed E-state index contributed by atoms with van der Waals surface area (Å²) in [5, 5.41) is 1.86. The van der Waals surface area contributed by atoms with Crippen molar-refractivity contribution in [3.05, 3.63) is 65.2 Å². The monoisotopic (exact) mass is 468 g/mol. The van der Waals surface area contributed by atoms with E-state index in [1.165, 1.54) is 28.4 Å². The minimum absolute atomic E-state index is 0.00814.